The summed E-state index contributed by atoms with van der Waals surface area (Å²) in [6.45, 7) is 4.00. The SMILES string of the molecule is CCN1C(=O)/C(=c2\sc3n(c2=O)[C@H](c2ccc(OC(=O)c4ccco4)cc2)C(C(=O)OC)=C(C)N=3)c2ccccc21. The third-order valence-electron chi connectivity index (χ3n) is 7.00. The number of allylic oxidation sites excluding steroid dienone is 1. The highest BCUT2D eigenvalue weighted by molar-refractivity contribution is 7.07. The number of rotatable bonds is 5. The largest absolute Gasteiger partial charge is 0.466 e. The Bertz CT molecular complexity index is 1930. The maximum atomic E-state index is 14.1. The molecule has 0 aliphatic carbocycles. The van der Waals surface area contributed by atoms with E-state index in [1.165, 1.54) is 24.0 Å². The molecule has 4 heterocycles. The van der Waals surface area contributed by atoms with Gasteiger partial charge in [0.2, 0.25) is 5.76 Å². The summed E-state index contributed by atoms with van der Waals surface area (Å²) in [5, 5.41) is 0. The summed E-state index contributed by atoms with van der Waals surface area (Å²) in [7, 11) is 1.26. The molecule has 2 aliphatic rings. The molecule has 2 aromatic heterocycles. The molecule has 206 valence electrons. The molecule has 6 rings (SSSR count). The summed E-state index contributed by atoms with van der Waals surface area (Å²) in [6, 6.07) is 16.0. The van der Waals surface area contributed by atoms with E-state index in [-0.39, 0.29) is 27.5 Å². The lowest BCUT2D eigenvalue weighted by molar-refractivity contribution is -0.136. The number of benzene rings is 2. The van der Waals surface area contributed by atoms with E-state index >= 15 is 0 Å². The van der Waals surface area contributed by atoms with Crippen molar-refractivity contribution < 1.29 is 28.3 Å². The summed E-state index contributed by atoms with van der Waals surface area (Å²) in [5.74, 6) is -1.26. The van der Waals surface area contributed by atoms with E-state index < -0.39 is 23.5 Å². The Hall–Kier alpha value is -5.03. The molecule has 0 bridgehead atoms. The van der Waals surface area contributed by atoms with Crippen LogP contribution in [0.3, 0.4) is 0 Å². The number of esters is 2. The van der Waals surface area contributed by atoms with Crippen molar-refractivity contribution in [1.29, 1.82) is 0 Å². The van der Waals surface area contributed by atoms with Crippen LogP contribution in [-0.2, 0) is 14.3 Å². The molecule has 0 radical (unpaired) electrons. The van der Waals surface area contributed by atoms with Crippen molar-refractivity contribution in [3.05, 3.63) is 115 Å². The number of hydrogen-bond acceptors (Lipinski definition) is 9. The summed E-state index contributed by atoms with van der Waals surface area (Å²) in [5.41, 5.74) is 2.41. The predicted molar refractivity (Wildman–Crippen MR) is 149 cm³/mol. The van der Waals surface area contributed by atoms with Gasteiger partial charge < -0.3 is 18.8 Å². The maximum absolute atomic E-state index is 14.1. The number of methoxy groups -OCH3 is 1. The highest BCUT2D eigenvalue weighted by atomic mass is 32.1. The highest BCUT2D eigenvalue weighted by Gasteiger charge is 2.36. The van der Waals surface area contributed by atoms with Crippen molar-refractivity contribution in [2.75, 3.05) is 18.6 Å². The fourth-order valence-corrected chi connectivity index (χ4v) is 6.28. The van der Waals surface area contributed by atoms with Crippen LogP contribution >= 0.6 is 11.3 Å². The van der Waals surface area contributed by atoms with E-state index in [0.717, 1.165) is 17.0 Å². The number of ether oxygens (including phenoxy) is 2. The second-order valence-corrected chi connectivity index (χ2v) is 10.2. The number of thiazole rings is 1. The molecule has 2 aliphatic heterocycles. The van der Waals surface area contributed by atoms with E-state index in [9.17, 15) is 19.2 Å². The predicted octanol–water partition coefficient (Wildman–Crippen LogP) is 2.96. The molecule has 0 saturated heterocycles. The first-order valence-electron chi connectivity index (χ1n) is 12.7. The lowest BCUT2D eigenvalue weighted by Crippen LogP contribution is -2.40. The molecule has 0 spiro atoms. The molecule has 2 aromatic carbocycles. The van der Waals surface area contributed by atoms with Gasteiger partial charge in [-0.2, -0.15) is 0 Å². The Morgan fingerprint density at radius 2 is 1.78 bits per heavy atom. The van der Waals surface area contributed by atoms with Crippen molar-refractivity contribution >= 4 is 40.4 Å². The zero-order chi connectivity index (χ0) is 28.8. The van der Waals surface area contributed by atoms with E-state index in [1.807, 2.05) is 31.2 Å². The summed E-state index contributed by atoms with van der Waals surface area (Å²) < 4.78 is 17.2. The van der Waals surface area contributed by atoms with Gasteiger partial charge in [0.25, 0.3) is 11.5 Å². The number of aromatic nitrogens is 1. The van der Waals surface area contributed by atoms with Gasteiger partial charge in [0.15, 0.2) is 4.80 Å². The van der Waals surface area contributed by atoms with Gasteiger partial charge >= 0.3 is 11.9 Å². The average Bonchev–Trinajstić information content (AvgIpc) is 3.69. The van der Waals surface area contributed by atoms with Gasteiger partial charge in [-0.1, -0.05) is 41.7 Å². The Morgan fingerprint density at radius 3 is 2.46 bits per heavy atom. The van der Waals surface area contributed by atoms with Crippen molar-refractivity contribution in [3.8, 4) is 5.75 Å². The monoisotopic (exact) mass is 569 g/mol. The van der Waals surface area contributed by atoms with Gasteiger partial charge in [-0.05, 0) is 49.7 Å². The molecule has 0 fully saturated rings. The fourth-order valence-electron chi connectivity index (χ4n) is 5.14. The zero-order valence-electron chi connectivity index (χ0n) is 22.2. The van der Waals surface area contributed by atoms with Crippen LogP contribution in [0.5, 0.6) is 5.75 Å². The second-order valence-electron chi connectivity index (χ2n) is 9.27. The van der Waals surface area contributed by atoms with Crippen molar-refractivity contribution in [1.82, 2.24) is 4.57 Å². The van der Waals surface area contributed by atoms with Crippen LogP contribution in [0.15, 0.2) is 92.4 Å². The number of fused-ring (bicyclic) bond motifs is 2. The normalized spacial score (nSPS) is 17.2. The number of para-hydroxylation sites is 1. The number of nitrogens with zero attached hydrogens (tertiary/aromatic N) is 3. The summed E-state index contributed by atoms with van der Waals surface area (Å²) in [4.78, 5) is 59.4. The quantitative estimate of drug-likeness (QED) is 0.268. The third-order valence-corrected chi connectivity index (χ3v) is 8.05. The molecule has 41 heavy (non-hydrogen) atoms. The molecule has 0 unspecified atom stereocenters. The topological polar surface area (TPSA) is 120 Å². The number of furan rings is 1. The first kappa shape index (κ1) is 26.2. The van der Waals surface area contributed by atoms with Gasteiger partial charge in [-0.15, -0.1) is 0 Å². The van der Waals surface area contributed by atoms with Crippen LogP contribution in [-0.4, -0.2) is 36.1 Å². The minimum atomic E-state index is -0.892. The summed E-state index contributed by atoms with van der Waals surface area (Å²) in [6.07, 6.45) is 1.37. The number of carbonyl (C=O) groups excluding carboxylic acids is 3. The lowest BCUT2D eigenvalue weighted by atomic mass is 9.96. The Balaban J connectivity index is 1.51. The average molecular weight is 570 g/mol. The lowest BCUT2D eigenvalue weighted by Gasteiger charge is -2.24. The molecule has 0 saturated carbocycles. The minimum Gasteiger partial charge on any atom is -0.466 e. The molecule has 0 N–H and O–H groups in total. The first-order chi connectivity index (χ1) is 19.8. The zero-order valence-corrected chi connectivity index (χ0v) is 23.1. The fraction of sp³-hybridized carbons (Fsp3) is 0.167. The molecular formula is C30H23N3O7S. The Morgan fingerprint density at radius 1 is 1.02 bits per heavy atom. The summed E-state index contributed by atoms with van der Waals surface area (Å²) >= 11 is 1.11. The number of hydrogen-bond donors (Lipinski definition) is 0. The molecule has 4 aromatic rings. The van der Waals surface area contributed by atoms with Crippen molar-refractivity contribution in [2.45, 2.75) is 19.9 Å². The van der Waals surface area contributed by atoms with Gasteiger partial charge in [-0.3, -0.25) is 14.2 Å². The molecule has 1 amide bonds. The van der Waals surface area contributed by atoms with Gasteiger partial charge in [-0.25, -0.2) is 14.6 Å². The minimum absolute atomic E-state index is 0.0543. The van der Waals surface area contributed by atoms with E-state index in [2.05, 4.69) is 4.99 Å². The van der Waals surface area contributed by atoms with Gasteiger partial charge in [0.1, 0.15) is 10.3 Å². The van der Waals surface area contributed by atoms with Gasteiger partial charge in [0, 0.05) is 12.1 Å². The Kier molecular flexibility index (Phi) is 6.50. The standard InChI is InChI=1S/C30H23N3O7S/c1-4-32-20-9-6-5-8-19(20)23(26(32)34)25-27(35)33-24(22(29(37)38-3)16(2)31-30(33)41-25)17-11-13-18(14-12-17)40-28(36)21-10-7-15-39-21/h5-15,24H,4H2,1-3H3/b25-23-/t24-/m1/s1. The third kappa shape index (κ3) is 4.21. The molecule has 10 nitrogen and oxygen atoms in total. The maximum Gasteiger partial charge on any atom is 0.379 e. The number of anilines is 1. The van der Waals surface area contributed by atoms with Crippen molar-refractivity contribution in [2.24, 2.45) is 4.99 Å². The number of likely N-dealkylation sites (N-methyl/N-ethyl adjacent to an activating group) is 1. The number of amides is 1. The van der Waals surface area contributed by atoms with Gasteiger partial charge in [0.05, 0.1) is 41.9 Å². The molecule has 11 heteroatoms. The van der Waals surface area contributed by atoms with Crippen LogP contribution in [0, 0.1) is 0 Å². The van der Waals surface area contributed by atoms with E-state index in [0.29, 0.717) is 33.7 Å². The second kappa shape index (κ2) is 10.2. The van der Waals surface area contributed by atoms with E-state index in [1.54, 1.807) is 42.2 Å². The van der Waals surface area contributed by atoms with Crippen LogP contribution in [0.2, 0.25) is 0 Å². The van der Waals surface area contributed by atoms with Crippen LogP contribution in [0.4, 0.5) is 5.69 Å². The first-order valence-corrected chi connectivity index (χ1v) is 13.6. The van der Waals surface area contributed by atoms with Crippen LogP contribution in [0.25, 0.3) is 5.57 Å². The number of carbonyl (C=O) groups is 3. The van der Waals surface area contributed by atoms with E-state index in [4.69, 9.17) is 13.9 Å². The Labute approximate surface area is 237 Å². The van der Waals surface area contributed by atoms with Crippen molar-refractivity contribution in [3.63, 3.8) is 0 Å². The smallest absolute Gasteiger partial charge is 0.379 e. The molecule has 1 atom stereocenters. The van der Waals surface area contributed by atoms with Crippen LogP contribution in [0.1, 0.15) is 41.6 Å². The van der Waals surface area contributed by atoms with Crippen LogP contribution < -0.4 is 24.5 Å². The molecular weight excluding hydrogens is 546 g/mol. The highest BCUT2D eigenvalue weighted by Crippen LogP contribution is 2.35.